The summed E-state index contributed by atoms with van der Waals surface area (Å²) in [5, 5.41) is -0.576. The monoisotopic (exact) mass is 426 g/mol. The summed E-state index contributed by atoms with van der Waals surface area (Å²) in [4.78, 5) is 26.2. The number of hydrogen-bond donors (Lipinski definition) is 1. The molecular formula is C14H26N4O7S2. The molecule has 0 aromatic rings. The second-order valence-electron chi connectivity index (χ2n) is 6.69. The number of cyclic esters (lactones) is 1. The van der Waals surface area contributed by atoms with Crippen molar-refractivity contribution in [1.29, 1.82) is 0 Å². The van der Waals surface area contributed by atoms with Crippen molar-refractivity contribution >= 4 is 32.2 Å². The number of piperidine rings is 1. The first-order chi connectivity index (χ1) is 12.5. The molecule has 13 heteroatoms. The highest BCUT2D eigenvalue weighted by Crippen LogP contribution is 2.19. The van der Waals surface area contributed by atoms with Crippen LogP contribution < -0.4 is 4.72 Å². The Morgan fingerprint density at radius 2 is 1.81 bits per heavy atom. The minimum absolute atomic E-state index is 0.165. The minimum atomic E-state index is -3.84. The van der Waals surface area contributed by atoms with Crippen LogP contribution in [-0.2, 0) is 24.8 Å². The quantitative estimate of drug-likeness (QED) is 0.565. The highest BCUT2D eigenvalue weighted by Gasteiger charge is 2.33. The molecule has 2 heterocycles. The smallest absolute Gasteiger partial charge is 0.409 e. The maximum Gasteiger partial charge on any atom is 0.409 e. The van der Waals surface area contributed by atoms with Crippen LogP contribution in [0, 0.1) is 0 Å². The Morgan fingerprint density at radius 3 is 2.33 bits per heavy atom. The number of amides is 3. The summed E-state index contributed by atoms with van der Waals surface area (Å²) in [5.74, 6) is -0.298. The maximum absolute atomic E-state index is 12.2. The number of nitrogens with zero attached hydrogens (tertiary/aromatic N) is 3. The van der Waals surface area contributed by atoms with Gasteiger partial charge in [0.15, 0.2) is 0 Å². The molecule has 2 fully saturated rings. The lowest BCUT2D eigenvalue weighted by atomic mass is 10.1. The average molecular weight is 427 g/mol. The zero-order valence-electron chi connectivity index (χ0n) is 15.5. The fourth-order valence-corrected chi connectivity index (χ4v) is 5.39. The number of likely N-dealkylation sites (tertiary alicyclic amines) is 1. The fourth-order valence-electron chi connectivity index (χ4n) is 2.98. The SMILES string of the molecule is CN(C)S(=O)(=O)C1CCN(C(=O)NS(=O)(=O)CCCN2CCOC2=O)CC1. The third-order valence-corrected chi connectivity index (χ3v) is 8.23. The van der Waals surface area contributed by atoms with Gasteiger partial charge in [-0.25, -0.2) is 35.5 Å². The molecule has 27 heavy (non-hydrogen) atoms. The van der Waals surface area contributed by atoms with Crippen LogP contribution >= 0.6 is 0 Å². The summed E-state index contributed by atoms with van der Waals surface area (Å²) in [6.45, 7) is 1.29. The van der Waals surface area contributed by atoms with Crippen LogP contribution in [0.25, 0.3) is 0 Å². The van der Waals surface area contributed by atoms with E-state index in [9.17, 15) is 26.4 Å². The van der Waals surface area contributed by atoms with Crippen LogP contribution in [0.4, 0.5) is 9.59 Å². The predicted octanol–water partition coefficient (Wildman–Crippen LogP) is -0.776. The van der Waals surface area contributed by atoms with Crippen molar-refractivity contribution in [3.63, 3.8) is 0 Å². The van der Waals surface area contributed by atoms with Crippen molar-refractivity contribution in [3.05, 3.63) is 0 Å². The summed E-state index contributed by atoms with van der Waals surface area (Å²) < 4.78 is 56.3. The number of hydrogen-bond acceptors (Lipinski definition) is 7. The molecule has 1 N–H and O–H groups in total. The van der Waals surface area contributed by atoms with Crippen molar-refractivity contribution in [1.82, 2.24) is 18.8 Å². The van der Waals surface area contributed by atoms with Gasteiger partial charge in [-0.1, -0.05) is 0 Å². The first-order valence-electron chi connectivity index (χ1n) is 8.65. The zero-order valence-corrected chi connectivity index (χ0v) is 17.1. The molecule has 11 nitrogen and oxygen atoms in total. The van der Waals surface area contributed by atoms with Crippen LogP contribution in [0.5, 0.6) is 0 Å². The van der Waals surface area contributed by atoms with E-state index in [1.165, 1.54) is 23.9 Å². The number of carbonyl (C=O) groups is 2. The number of urea groups is 1. The van der Waals surface area contributed by atoms with E-state index in [1.807, 2.05) is 4.72 Å². The topological polar surface area (TPSA) is 133 Å². The Bertz CT molecular complexity index is 758. The van der Waals surface area contributed by atoms with Gasteiger partial charge in [0.05, 0.1) is 17.5 Å². The van der Waals surface area contributed by atoms with Gasteiger partial charge in [-0.3, -0.25) is 0 Å². The third kappa shape index (κ3) is 5.69. The Morgan fingerprint density at radius 1 is 1.19 bits per heavy atom. The molecule has 0 aromatic heterocycles. The number of carbonyl (C=O) groups excluding carboxylic acids is 2. The summed E-state index contributed by atoms with van der Waals surface area (Å²) >= 11 is 0. The van der Waals surface area contributed by atoms with Gasteiger partial charge in [0.25, 0.3) is 0 Å². The van der Waals surface area contributed by atoms with E-state index >= 15 is 0 Å². The molecule has 2 aliphatic heterocycles. The van der Waals surface area contributed by atoms with Crippen LogP contribution in [-0.4, -0.2) is 101 Å². The molecule has 2 rings (SSSR count). The van der Waals surface area contributed by atoms with Crippen LogP contribution in [0.15, 0.2) is 0 Å². The molecule has 0 aliphatic carbocycles. The third-order valence-electron chi connectivity index (χ3n) is 4.59. The van der Waals surface area contributed by atoms with Gasteiger partial charge >= 0.3 is 12.1 Å². The van der Waals surface area contributed by atoms with Crippen LogP contribution in [0.2, 0.25) is 0 Å². The summed E-state index contributed by atoms with van der Waals surface area (Å²) in [6.07, 6.45) is 0.226. The fraction of sp³-hybridized carbons (Fsp3) is 0.857. The number of rotatable bonds is 7. The lowest BCUT2D eigenvalue weighted by molar-refractivity contribution is 0.158. The van der Waals surface area contributed by atoms with E-state index in [4.69, 9.17) is 4.74 Å². The largest absolute Gasteiger partial charge is 0.448 e. The van der Waals surface area contributed by atoms with E-state index < -0.39 is 37.4 Å². The Hall–Kier alpha value is -1.60. The van der Waals surface area contributed by atoms with Crippen LogP contribution in [0.1, 0.15) is 19.3 Å². The van der Waals surface area contributed by atoms with Crippen LogP contribution in [0.3, 0.4) is 0 Å². The lowest BCUT2D eigenvalue weighted by Crippen LogP contribution is -2.50. The van der Waals surface area contributed by atoms with Gasteiger partial charge in [0.2, 0.25) is 20.0 Å². The van der Waals surface area contributed by atoms with E-state index in [-0.39, 0.29) is 44.6 Å². The molecule has 0 bridgehead atoms. The second kappa shape index (κ2) is 8.61. The number of nitrogens with one attached hydrogen (secondary N) is 1. The first kappa shape index (κ1) is 21.7. The van der Waals surface area contributed by atoms with Gasteiger partial charge in [0, 0.05) is 33.7 Å². The standard InChI is InChI=1S/C14H26N4O7S2/c1-16(2)27(23,24)12-4-7-17(8-5-12)13(19)15-26(21,22)11-3-6-18-9-10-25-14(18)20/h12H,3-11H2,1-2H3,(H,15,19). The lowest BCUT2D eigenvalue weighted by Gasteiger charge is -2.32. The van der Waals surface area contributed by atoms with Gasteiger partial charge in [-0.05, 0) is 19.3 Å². The summed E-state index contributed by atoms with van der Waals surface area (Å²) in [5.41, 5.74) is 0. The maximum atomic E-state index is 12.2. The predicted molar refractivity (Wildman–Crippen MR) is 97.1 cm³/mol. The molecule has 156 valence electrons. The van der Waals surface area contributed by atoms with Gasteiger partial charge in [0.1, 0.15) is 6.61 Å². The highest BCUT2D eigenvalue weighted by atomic mass is 32.2. The van der Waals surface area contributed by atoms with Gasteiger partial charge in [-0.15, -0.1) is 0 Å². The van der Waals surface area contributed by atoms with Crippen molar-refractivity contribution < 1.29 is 31.2 Å². The zero-order chi connectivity index (χ0) is 20.2. The second-order valence-corrected chi connectivity index (χ2v) is 11.0. The van der Waals surface area contributed by atoms with Crippen molar-refractivity contribution in [3.8, 4) is 0 Å². The molecular weight excluding hydrogens is 400 g/mol. The van der Waals surface area contributed by atoms with E-state index in [0.717, 1.165) is 4.31 Å². The average Bonchev–Trinajstić information content (AvgIpc) is 2.99. The molecule has 0 saturated carbocycles. The van der Waals surface area contributed by atoms with E-state index in [0.29, 0.717) is 13.2 Å². The molecule has 0 atom stereocenters. The number of sulfonamides is 2. The molecule has 0 spiro atoms. The van der Waals surface area contributed by atoms with Gasteiger partial charge in [-0.2, -0.15) is 0 Å². The van der Waals surface area contributed by atoms with E-state index in [1.54, 1.807) is 0 Å². The molecule has 2 saturated heterocycles. The van der Waals surface area contributed by atoms with E-state index in [2.05, 4.69) is 0 Å². The molecule has 2 aliphatic rings. The molecule has 3 amide bonds. The Kier molecular flexibility index (Phi) is 6.92. The highest BCUT2D eigenvalue weighted by molar-refractivity contribution is 7.90. The number of ether oxygens (including phenoxy) is 1. The first-order valence-corrected chi connectivity index (χ1v) is 11.8. The minimum Gasteiger partial charge on any atom is -0.448 e. The van der Waals surface area contributed by atoms with Crippen molar-refractivity contribution in [2.45, 2.75) is 24.5 Å². The Balaban J connectivity index is 1.78. The normalized spacial score (nSPS) is 19.4. The Labute approximate surface area is 159 Å². The van der Waals surface area contributed by atoms with Crippen molar-refractivity contribution in [2.75, 3.05) is 52.6 Å². The summed E-state index contributed by atoms with van der Waals surface area (Å²) in [7, 11) is -4.31. The van der Waals surface area contributed by atoms with Crippen molar-refractivity contribution in [2.24, 2.45) is 0 Å². The molecule has 0 unspecified atom stereocenters. The summed E-state index contributed by atoms with van der Waals surface area (Å²) in [6, 6.07) is -0.753. The van der Waals surface area contributed by atoms with Gasteiger partial charge < -0.3 is 14.5 Å². The molecule has 0 aromatic carbocycles. The molecule has 0 radical (unpaired) electrons.